The quantitative estimate of drug-likeness (QED) is 0.888. The Morgan fingerprint density at radius 3 is 2.63 bits per heavy atom. The number of aromatic nitrogens is 1. The summed E-state index contributed by atoms with van der Waals surface area (Å²) in [6.07, 6.45) is 0. The average molecular weight is 255 g/mol. The molecule has 3 nitrogen and oxygen atoms in total. The maximum Gasteiger partial charge on any atom is 0.133 e. The van der Waals surface area contributed by atoms with Crippen molar-refractivity contribution in [3.63, 3.8) is 0 Å². The van der Waals surface area contributed by atoms with Gasteiger partial charge in [-0.05, 0) is 37.2 Å². The minimum atomic E-state index is 0.811. The molecular weight excluding hydrogens is 234 g/mol. The molecule has 1 aromatic heterocycles. The fourth-order valence-electron chi connectivity index (χ4n) is 2.07. The molecule has 0 amide bonds. The van der Waals surface area contributed by atoms with Gasteiger partial charge >= 0.3 is 0 Å². The Morgan fingerprint density at radius 2 is 1.89 bits per heavy atom. The van der Waals surface area contributed by atoms with Crippen LogP contribution in [-0.2, 0) is 6.54 Å². The van der Waals surface area contributed by atoms with Gasteiger partial charge in [-0.2, -0.15) is 0 Å². The van der Waals surface area contributed by atoms with Gasteiger partial charge in [-0.1, -0.05) is 31.2 Å². The van der Waals surface area contributed by atoms with Crippen molar-refractivity contribution >= 4 is 11.5 Å². The number of nitrogens with one attached hydrogen (secondary N) is 1. The zero-order chi connectivity index (χ0) is 13.7. The van der Waals surface area contributed by atoms with Gasteiger partial charge in [-0.15, -0.1) is 0 Å². The van der Waals surface area contributed by atoms with Crippen LogP contribution < -0.4 is 10.2 Å². The summed E-state index contributed by atoms with van der Waals surface area (Å²) in [6, 6.07) is 14.5. The molecule has 100 valence electrons. The topological polar surface area (TPSA) is 28.2 Å². The second kappa shape index (κ2) is 6.34. The van der Waals surface area contributed by atoms with Crippen LogP contribution in [0.3, 0.4) is 0 Å². The highest BCUT2D eigenvalue weighted by molar-refractivity contribution is 5.62. The predicted octanol–water partition coefficient (Wildman–Crippen LogP) is 3.27. The van der Waals surface area contributed by atoms with E-state index in [2.05, 4.69) is 67.5 Å². The zero-order valence-corrected chi connectivity index (χ0v) is 11.9. The average Bonchev–Trinajstić information content (AvgIpc) is 2.45. The summed E-state index contributed by atoms with van der Waals surface area (Å²) in [5.74, 6) is 0.977. The first-order valence-electron chi connectivity index (χ1n) is 6.68. The first-order chi connectivity index (χ1) is 9.22. The maximum absolute atomic E-state index is 4.69. The summed E-state index contributed by atoms with van der Waals surface area (Å²) in [5.41, 5.74) is 3.51. The molecule has 1 aromatic carbocycles. The highest BCUT2D eigenvalue weighted by Crippen LogP contribution is 2.24. The molecule has 0 spiro atoms. The van der Waals surface area contributed by atoms with Crippen molar-refractivity contribution in [1.29, 1.82) is 0 Å². The van der Waals surface area contributed by atoms with Crippen LogP contribution in [0.4, 0.5) is 11.5 Å². The van der Waals surface area contributed by atoms with Crippen LogP contribution in [0.15, 0.2) is 42.5 Å². The molecule has 0 aliphatic carbocycles. The van der Waals surface area contributed by atoms with Crippen LogP contribution in [0.1, 0.15) is 18.2 Å². The number of aryl methyl sites for hydroxylation is 1. The summed E-state index contributed by atoms with van der Waals surface area (Å²) in [7, 11) is 2.06. The number of hydrogen-bond donors (Lipinski definition) is 1. The van der Waals surface area contributed by atoms with Gasteiger partial charge in [0.25, 0.3) is 0 Å². The lowest BCUT2D eigenvalue weighted by Crippen LogP contribution is -2.16. The molecule has 1 heterocycles. The minimum Gasteiger partial charge on any atom is -0.329 e. The van der Waals surface area contributed by atoms with Crippen LogP contribution in [0.2, 0.25) is 0 Å². The van der Waals surface area contributed by atoms with Crippen molar-refractivity contribution in [2.75, 3.05) is 18.5 Å². The van der Waals surface area contributed by atoms with Crippen LogP contribution >= 0.6 is 0 Å². The third-order valence-electron chi connectivity index (χ3n) is 3.17. The van der Waals surface area contributed by atoms with E-state index in [1.807, 2.05) is 6.07 Å². The fourth-order valence-corrected chi connectivity index (χ4v) is 2.07. The van der Waals surface area contributed by atoms with E-state index in [1.165, 1.54) is 11.3 Å². The molecular formula is C16H21N3. The molecule has 0 aliphatic heterocycles. The zero-order valence-electron chi connectivity index (χ0n) is 11.9. The predicted molar refractivity (Wildman–Crippen MR) is 80.9 cm³/mol. The smallest absolute Gasteiger partial charge is 0.133 e. The number of para-hydroxylation sites is 1. The number of benzene rings is 1. The van der Waals surface area contributed by atoms with Crippen molar-refractivity contribution in [3.05, 3.63) is 53.7 Å². The number of anilines is 2. The van der Waals surface area contributed by atoms with Crippen LogP contribution in [0, 0.1) is 6.92 Å². The highest BCUT2D eigenvalue weighted by atomic mass is 15.2. The number of nitrogens with zero attached hydrogens (tertiary/aromatic N) is 2. The largest absolute Gasteiger partial charge is 0.329 e. The molecule has 2 aromatic rings. The van der Waals surface area contributed by atoms with E-state index < -0.39 is 0 Å². The Bertz CT molecular complexity index is 537. The van der Waals surface area contributed by atoms with Gasteiger partial charge in [-0.3, -0.25) is 0 Å². The molecule has 0 aliphatic rings. The normalized spacial score (nSPS) is 10.5. The SMILES string of the molecule is CCNCc1cccc(N(C)c2ccccc2C)n1. The molecule has 0 atom stereocenters. The molecule has 0 unspecified atom stereocenters. The Balaban J connectivity index is 2.24. The van der Waals surface area contributed by atoms with Gasteiger partial charge in [0.15, 0.2) is 0 Å². The van der Waals surface area contributed by atoms with Gasteiger partial charge < -0.3 is 10.2 Å². The van der Waals surface area contributed by atoms with E-state index >= 15 is 0 Å². The van der Waals surface area contributed by atoms with E-state index in [0.717, 1.165) is 24.6 Å². The standard InChI is InChI=1S/C16H21N3/c1-4-17-12-14-9-7-11-16(18-14)19(3)15-10-6-5-8-13(15)2/h5-11,17H,4,12H2,1-3H3. The second-order valence-corrected chi connectivity index (χ2v) is 4.61. The lowest BCUT2D eigenvalue weighted by atomic mass is 10.2. The number of pyridine rings is 1. The first kappa shape index (κ1) is 13.6. The van der Waals surface area contributed by atoms with E-state index in [9.17, 15) is 0 Å². The van der Waals surface area contributed by atoms with Gasteiger partial charge in [0.1, 0.15) is 5.82 Å². The minimum absolute atomic E-state index is 0.811. The van der Waals surface area contributed by atoms with E-state index in [0.29, 0.717) is 0 Å². The van der Waals surface area contributed by atoms with Crippen molar-refractivity contribution in [2.45, 2.75) is 20.4 Å². The fraction of sp³-hybridized carbons (Fsp3) is 0.312. The molecule has 0 bridgehead atoms. The van der Waals surface area contributed by atoms with Crippen LogP contribution in [-0.4, -0.2) is 18.6 Å². The highest BCUT2D eigenvalue weighted by Gasteiger charge is 2.07. The molecule has 2 rings (SSSR count). The molecule has 3 heteroatoms. The van der Waals surface area contributed by atoms with E-state index in [4.69, 9.17) is 4.98 Å². The maximum atomic E-state index is 4.69. The van der Waals surface area contributed by atoms with Crippen molar-refractivity contribution in [3.8, 4) is 0 Å². The summed E-state index contributed by atoms with van der Waals surface area (Å²) in [6.45, 7) is 5.99. The summed E-state index contributed by atoms with van der Waals surface area (Å²) >= 11 is 0. The Hall–Kier alpha value is -1.87. The first-order valence-corrected chi connectivity index (χ1v) is 6.68. The van der Waals surface area contributed by atoms with Crippen molar-refractivity contribution in [2.24, 2.45) is 0 Å². The van der Waals surface area contributed by atoms with Gasteiger partial charge in [-0.25, -0.2) is 4.98 Å². The monoisotopic (exact) mass is 255 g/mol. The van der Waals surface area contributed by atoms with Crippen LogP contribution in [0.25, 0.3) is 0 Å². The molecule has 0 saturated carbocycles. The van der Waals surface area contributed by atoms with Crippen molar-refractivity contribution in [1.82, 2.24) is 10.3 Å². The van der Waals surface area contributed by atoms with Gasteiger partial charge in [0, 0.05) is 19.3 Å². The van der Waals surface area contributed by atoms with Gasteiger partial charge in [0.05, 0.1) is 5.69 Å². The summed E-state index contributed by atoms with van der Waals surface area (Å²) < 4.78 is 0. The summed E-state index contributed by atoms with van der Waals surface area (Å²) in [4.78, 5) is 6.82. The third-order valence-corrected chi connectivity index (χ3v) is 3.17. The molecule has 0 fully saturated rings. The molecule has 19 heavy (non-hydrogen) atoms. The Kier molecular flexibility index (Phi) is 4.53. The second-order valence-electron chi connectivity index (χ2n) is 4.61. The van der Waals surface area contributed by atoms with E-state index in [1.54, 1.807) is 0 Å². The van der Waals surface area contributed by atoms with E-state index in [-0.39, 0.29) is 0 Å². The molecule has 0 saturated heterocycles. The lowest BCUT2D eigenvalue weighted by molar-refractivity contribution is 0.710. The Labute approximate surface area is 115 Å². The van der Waals surface area contributed by atoms with Crippen molar-refractivity contribution < 1.29 is 0 Å². The molecule has 0 radical (unpaired) electrons. The van der Waals surface area contributed by atoms with Gasteiger partial charge in [0.2, 0.25) is 0 Å². The third kappa shape index (κ3) is 3.32. The number of hydrogen-bond acceptors (Lipinski definition) is 3. The summed E-state index contributed by atoms with van der Waals surface area (Å²) in [5, 5.41) is 3.30. The van der Waals surface area contributed by atoms with Crippen LogP contribution in [0.5, 0.6) is 0 Å². The lowest BCUT2D eigenvalue weighted by Gasteiger charge is -2.21. The number of rotatable bonds is 5. The Morgan fingerprint density at radius 1 is 1.11 bits per heavy atom. The molecule has 1 N–H and O–H groups in total.